The highest BCUT2D eigenvalue weighted by Gasteiger charge is 2.16. The molecule has 0 bridgehead atoms. The third kappa shape index (κ3) is 2.20. The lowest BCUT2D eigenvalue weighted by atomic mass is 10.1. The van der Waals surface area contributed by atoms with Gasteiger partial charge in [0.1, 0.15) is 5.52 Å². The van der Waals surface area contributed by atoms with Gasteiger partial charge in [0.2, 0.25) is 5.89 Å². The number of benzene rings is 2. The van der Waals surface area contributed by atoms with Crippen LogP contribution in [0.3, 0.4) is 0 Å². The van der Waals surface area contributed by atoms with E-state index in [2.05, 4.69) is 20.9 Å². The standard InChI is InChI=1S/C15H10BrNO3/c16-8-9-5-6-12-13(7-9)20-14(17-12)10-3-1-2-4-11(10)15(18)19/h1-7H,8H2,(H,18,19). The van der Waals surface area contributed by atoms with E-state index in [1.807, 2.05) is 18.2 Å². The molecule has 2 aromatic carbocycles. The molecule has 0 spiro atoms. The Kier molecular flexibility index (Phi) is 3.28. The lowest BCUT2D eigenvalue weighted by Gasteiger charge is -2.00. The number of alkyl halides is 1. The number of aromatic nitrogens is 1. The molecule has 0 aliphatic carbocycles. The van der Waals surface area contributed by atoms with Gasteiger partial charge in [-0.2, -0.15) is 0 Å². The van der Waals surface area contributed by atoms with Crippen molar-refractivity contribution in [1.29, 1.82) is 0 Å². The SMILES string of the molecule is O=C(O)c1ccccc1-c1nc2ccc(CBr)cc2o1. The fraction of sp³-hybridized carbons (Fsp3) is 0.0667. The Morgan fingerprint density at radius 1 is 1.25 bits per heavy atom. The van der Waals surface area contributed by atoms with Crippen molar-refractivity contribution < 1.29 is 14.3 Å². The van der Waals surface area contributed by atoms with Crippen molar-refractivity contribution in [3.8, 4) is 11.5 Å². The number of nitrogens with zero attached hydrogens (tertiary/aromatic N) is 1. The van der Waals surface area contributed by atoms with Crippen molar-refractivity contribution in [2.45, 2.75) is 5.33 Å². The predicted molar refractivity (Wildman–Crippen MR) is 79.0 cm³/mol. The van der Waals surface area contributed by atoms with Gasteiger partial charge in [0.05, 0.1) is 11.1 Å². The Balaban J connectivity index is 2.18. The molecule has 1 N–H and O–H groups in total. The zero-order valence-corrected chi connectivity index (χ0v) is 11.9. The summed E-state index contributed by atoms with van der Waals surface area (Å²) in [5, 5.41) is 9.94. The van der Waals surface area contributed by atoms with Crippen LogP contribution >= 0.6 is 15.9 Å². The fourth-order valence-corrected chi connectivity index (χ4v) is 2.37. The van der Waals surface area contributed by atoms with E-state index in [4.69, 9.17) is 4.42 Å². The molecular formula is C15H10BrNO3. The summed E-state index contributed by atoms with van der Waals surface area (Å²) in [7, 11) is 0. The van der Waals surface area contributed by atoms with Gasteiger partial charge in [0.25, 0.3) is 0 Å². The van der Waals surface area contributed by atoms with Crippen LogP contribution in [0.5, 0.6) is 0 Å². The van der Waals surface area contributed by atoms with Crippen LogP contribution in [0.1, 0.15) is 15.9 Å². The summed E-state index contributed by atoms with van der Waals surface area (Å²) in [6.45, 7) is 0. The molecule has 5 heteroatoms. The first kappa shape index (κ1) is 12.9. The lowest BCUT2D eigenvalue weighted by Crippen LogP contribution is -1.98. The van der Waals surface area contributed by atoms with E-state index in [-0.39, 0.29) is 5.56 Å². The second-order valence-corrected chi connectivity index (χ2v) is 4.87. The second-order valence-electron chi connectivity index (χ2n) is 4.31. The number of hydrogen-bond acceptors (Lipinski definition) is 3. The average molecular weight is 332 g/mol. The molecule has 20 heavy (non-hydrogen) atoms. The van der Waals surface area contributed by atoms with Crippen LogP contribution < -0.4 is 0 Å². The fourth-order valence-electron chi connectivity index (χ4n) is 2.02. The van der Waals surface area contributed by atoms with Gasteiger partial charge in [-0.25, -0.2) is 9.78 Å². The van der Waals surface area contributed by atoms with E-state index in [0.29, 0.717) is 22.6 Å². The summed E-state index contributed by atoms with van der Waals surface area (Å²) in [4.78, 5) is 15.6. The van der Waals surface area contributed by atoms with Crippen molar-refractivity contribution in [3.63, 3.8) is 0 Å². The highest BCUT2D eigenvalue weighted by atomic mass is 79.9. The van der Waals surface area contributed by atoms with Crippen molar-refractivity contribution >= 4 is 33.0 Å². The first-order valence-electron chi connectivity index (χ1n) is 5.97. The highest BCUT2D eigenvalue weighted by Crippen LogP contribution is 2.27. The molecule has 0 atom stereocenters. The van der Waals surface area contributed by atoms with Crippen molar-refractivity contribution in [2.75, 3.05) is 0 Å². The number of hydrogen-bond donors (Lipinski definition) is 1. The molecule has 3 rings (SSSR count). The number of carboxylic acids is 1. The maximum Gasteiger partial charge on any atom is 0.336 e. The Hall–Kier alpha value is -2.14. The molecule has 0 saturated heterocycles. The molecule has 1 aromatic heterocycles. The molecule has 1 heterocycles. The van der Waals surface area contributed by atoms with Gasteiger partial charge in [-0.05, 0) is 29.8 Å². The van der Waals surface area contributed by atoms with Crippen LogP contribution in [-0.4, -0.2) is 16.1 Å². The molecule has 0 amide bonds. The number of oxazole rings is 1. The molecule has 4 nitrogen and oxygen atoms in total. The van der Waals surface area contributed by atoms with Crippen molar-refractivity contribution in [2.24, 2.45) is 0 Å². The number of carboxylic acid groups (broad SMARTS) is 1. The van der Waals surface area contributed by atoms with Gasteiger partial charge in [-0.1, -0.05) is 34.1 Å². The van der Waals surface area contributed by atoms with Crippen LogP contribution in [0.25, 0.3) is 22.6 Å². The largest absolute Gasteiger partial charge is 0.478 e. The minimum absolute atomic E-state index is 0.180. The minimum Gasteiger partial charge on any atom is -0.478 e. The molecule has 0 fully saturated rings. The average Bonchev–Trinajstić information content (AvgIpc) is 2.89. The van der Waals surface area contributed by atoms with Crippen LogP contribution in [0.15, 0.2) is 46.9 Å². The number of halogens is 1. The van der Waals surface area contributed by atoms with E-state index in [1.54, 1.807) is 18.2 Å². The van der Waals surface area contributed by atoms with E-state index in [1.165, 1.54) is 6.07 Å². The second kappa shape index (κ2) is 5.09. The molecule has 100 valence electrons. The number of carbonyl (C=O) groups is 1. The third-order valence-electron chi connectivity index (χ3n) is 3.00. The van der Waals surface area contributed by atoms with Gasteiger partial charge in [0.15, 0.2) is 5.58 Å². The zero-order valence-electron chi connectivity index (χ0n) is 10.3. The molecule has 0 saturated carbocycles. The first-order chi connectivity index (χ1) is 9.69. The monoisotopic (exact) mass is 331 g/mol. The van der Waals surface area contributed by atoms with E-state index in [0.717, 1.165) is 10.9 Å². The van der Waals surface area contributed by atoms with Gasteiger partial charge in [0, 0.05) is 5.33 Å². The Morgan fingerprint density at radius 3 is 2.80 bits per heavy atom. The Labute approximate surface area is 123 Å². The maximum absolute atomic E-state index is 11.2. The minimum atomic E-state index is -0.996. The van der Waals surface area contributed by atoms with Gasteiger partial charge < -0.3 is 9.52 Å². The highest BCUT2D eigenvalue weighted by molar-refractivity contribution is 9.08. The molecule has 0 unspecified atom stereocenters. The molecule has 0 aliphatic rings. The van der Waals surface area contributed by atoms with Crippen LogP contribution in [0, 0.1) is 0 Å². The third-order valence-corrected chi connectivity index (χ3v) is 3.64. The summed E-state index contributed by atoms with van der Waals surface area (Å²) >= 11 is 3.39. The summed E-state index contributed by atoms with van der Waals surface area (Å²) in [5.41, 5.74) is 3.10. The van der Waals surface area contributed by atoms with Gasteiger partial charge in [-0.15, -0.1) is 0 Å². The zero-order chi connectivity index (χ0) is 14.1. The van der Waals surface area contributed by atoms with E-state index >= 15 is 0 Å². The number of fused-ring (bicyclic) bond motifs is 1. The van der Waals surface area contributed by atoms with Gasteiger partial charge in [-0.3, -0.25) is 0 Å². The summed E-state index contributed by atoms with van der Waals surface area (Å²) in [5.74, 6) is -0.672. The lowest BCUT2D eigenvalue weighted by molar-refractivity contribution is 0.0697. The van der Waals surface area contributed by atoms with Crippen molar-refractivity contribution in [3.05, 3.63) is 53.6 Å². The van der Waals surface area contributed by atoms with Gasteiger partial charge >= 0.3 is 5.97 Å². The van der Waals surface area contributed by atoms with Crippen LogP contribution in [-0.2, 0) is 5.33 Å². The number of rotatable bonds is 3. The quantitative estimate of drug-likeness (QED) is 0.734. The van der Waals surface area contributed by atoms with E-state index in [9.17, 15) is 9.90 Å². The van der Waals surface area contributed by atoms with Crippen LogP contribution in [0.2, 0.25) is 0 Å². The smallest absolute Gasteiger partial charge is 0.336 e. The molecule has 0 radical (unpaired) electrons. The topological polar surface area (TPSA) is 63.3 Å². The number of aromatic carboxylic acids is 1. The Morgan fingerprint density at radius 2 is 2.05 bits per heavy atom. The Bertz CT molecular complexity index is 795. The normalized spacial score (nSPS) is 10.8. The van der Waals surface area contributed by atoms with Crippen LogP contribution in [0.4, 0.5) is 0 Å². The maximum atomic E-state index is 11.2. The summed E-state index contributed by atoms with van der Waals surface area (Å²) in [6.07, 6.45) is 0. The molecular weight excluding hydrogens is 322 g/mol. The predicted octanol–water partition coefficient (Wildman–Crippen LogP) is 4.09. The summed E-state index contributed by atoms with van der Waals surface area (Å²) in [6, 6.07) is 12.4. The molecule has 0 aliphatic heterocycles. The summed E-state index contributed by atoms with van der Waals surface area (Å²) < 4.78 is 5.69. The first-order valence-corrected chi connectivity index (χ1v) is 7.09. The van der Waals surface area contributed by atoms with Crippen molar-refractivity contribution in [1.82, 2.24) is 4.98 Å². The molecule has 3 aromatic rings. The van der Waals surface area contributed by atoms with E-state index < -0.39 is 5.97 Å².